The molecule has 3 aromatic carbocycles. The third kappa shape index (κ3) is 7.28. The molecule has 5 aromatic rings. The van der Waals surface area contributed by atoms with Crippen molar-refractivity contribution in [3.63, 3.8) is 0 Å². The van der Waals surface area contributed by atoms with Gasteiger partial charge < -0.3 is 24.7 Å². The Balaban J connectivity index is 1.26. The van der Waals surface area contributed by atoms with Crippen LogP contribution in [0.5, 0.6) is 11.5 Å². The number of aromatic nitrogens is 4. The molecule has 1 aliphatic rings. The lowest BCUT2D eigenvalue weighted by atomic mass is 9.80. The summed E-state index contributed by atoms with van der Waals surface area (Å²) < 4.78 is 26.2. The summed E-state index contributed by atoms with van der Waals surface area (Å²) in [6, 6.07) is 25.7. The minimum absolute atomic E-state index is 0.0337. The molecule has 2 aromatic heterocycles. The highest BCUT2D eigenvalue weighted by Gasteiger charge is 2.40. The Hall–Kier alpha value is -5.53. The second-order valence-corrected chi connectivity index (χ2v) is 13.7. The number of hydrogen-bond donors (Lipinski definition) is 3. The van der Waals surface area contributed by atoms with Gasteiger partial charge in [-0.2, -0.15) is 4.98 Å². The fourth-order valence-corrected chi connectivity index (χ4v) is 6.74. The molecule has 0 radical (unpaired) electrons. The summed E-state index contributed by atoms with van der Waals surface area (Å²) >= 11 is 0. The van der Waals surface area contributed by atoms with Crippen LogP contribution in [0.3, 0.4) is 0 Å². The smallest absolute Gasteiger partial charge is 0.280 e. The monoisotopic (exact) mass is 708 g/mol. The number of methoxy groups -OCH3 is 2. The maximum absolute atomic E-state index is 13.2. The number of amides is 2. The molecular formula is C39H44N6O7. The van der Waals surface area contributed by atoms with Crippen LogP contribution in [0.15, 0.2) is 90.0 Å². The highest BCUT2D eigenvalue weighted by Crippen LogP contribution is 2.43. The number of H-pyrrole nitrogens is 1. The molecule has 2 amide bonds. The van der Waals surface area contributed by atoms with E-state index < -0.39 is 40.5 Å². The van der Waals surface area contributed by atoms with Gasteiger partial charge in [0.1, 0.15) is 23.3 Å². The van der Waals surface area contributed by atoms with Gasteiger partial charge in [-0.3, -0.25) is 29.3 Å². The SMILES string of the molecule is COc1ccc(C(OC[C@@H]2CC[C@H](n3cnc4c(=O)[nH]c(NC(=O)C(C)(C)CC(C)C(N)=O)nc43)O2)(c2ccccc2)c2ccc(OC)cc2)cc1. The largest absolute Gasteiger partial charge is 0.497 e. The van der Waals surface area contributed by atoms with Gasteiger partial charge in [0.15, 0.2) is 11.2 Å². The van der Waals surface area contributed by atoms with Crippen LogP contribution in [0.1, 0.15) is 63.0 Å². The molecule has 0 aliphatic carbocycles. The lowest BCUT2D eigenvalue weighted by Crippen LogP contribution is -2.36. The zero-order valence-electron chi connectivity index (χ0n) is 29.9. The van der Waals surface area contributed by atoms with Crippen molar-refractivity contribution in [2.24, 2.45) is 17.1 Å². The van der Waals surface area contributed by atoms with Crippen LogP contribution >= 0.6 is 0 Å². The molecule has 3 atom stereocenters. The molecule has 1 aliphatic heterocycles. The summed E-state index contributed by atoms with van der Waals surface area (Å²) in [6.07, 6.45) is 2.22. The highest BCUT2D eigenvalue weighted by molar-refractivity contribution is 5.94. The van der Waals surface area contributed by atoms with Gasteiger partial charge in [-0.05, 0) is 60.2 Å². The number of benzene rings is 3. The van der Waals surface area contributed by atoms with Crippen LogP contribution in [0.2, 0.25) is 0 Å². The van der Waals surface area contributed by atoms with Crippen molar-refractivity contribution in [3.05, 3.63) is 112 Å². The standard InChI is InChI=1S/C39H44N6O7/c1-24(33(40)46)21-38(2,3)36(48)44-37-42-34-32(35(47)43-37)41-23-45(34)31-20-19-30(52-31)22-51-39(25-9-7-6-8-10-25,26-11-15-28(49-4)16-12-26)27-13-17-29(50-5)18-14-27/h6-18,23-24,30-31H,19-22H2,1-5H3,(H2,40,46)(H2,42,43,44,47,48)/t24?,30-,31+/m0/s1. The van der Waals surface area contributed by atoms with E-state index in [-0.39, 0.29) is 36.2 Å². The van der Waals surface area contributed by atoms with Crippen molar-refractivity contribution >= 4 is 28.9 Å². The van der Waals surface area contributed by atoms with E-state index in [9.17, 15) is 14.4 Å². The van der Waals surface area contributed by atoms with E-state index in [1.807, 2.05) is 78.9 Å². The lowest BCUT2D eigenvalue weighted by molar-refractivity contribution is -0.127. The molecule has 272 valence electrons. The number of ether oxygens (including phenoxy) is 4. The fourth-order valence-electron chi connectivity index (χ4n) is 6.74. The van der Waals surface area contributed by atoms with E-state index in [4.69, 9.17) is 24.7 Å². The third-order valence-corrected chi connectivity index (χ3v) is 9.64. The zero-order chi connectivity index (χ0) is 37.0. The van der Waals surface area contributed by atoms with Crippen LogP contribution in [0, 0.1) is 11.3 Å². The Bertz CT molecular complexity index is 2030. The number of primary amides is 1. The van der Waals surface area contributed by atoms with Crippen LogP contribution in [-0.2, 0) is 24.7 Å². The minimum atomic E-state index is -1.01. The Kier molecular flexibility index (Phi) is 10.4. The van der Waals surface area contributed by atoms with Crippen LogP contribution in [0.4, 0.5) is 5.95 Å². The molecule has 6 rings (SSSR count). The molecule has 3 heterocycles. The van der Waals surface area contributed by atoms with Gasteiger partial charge in [-0.15, -0.1) is 0 Å². The minimum Gasteiger partial charge on any atom is -0.497 e. The normalized spacial score (nSPS) is 16.8. The number of imidazole rings is 1. The van der Waals surface area contributed by atoms with E-state index in [0.29, 0.717) is 12.8 Å². The van der Waals surface area contributed by atoms with Gasteiger partial charge in [0, 0.05) is 11.3 Å². The van der Waals surface area contributed by atoms with Gasteiger partial charge in [0.25, 0.3) is 5.56 Å². The number of carbonyl (C=O) groups is 2. The first-order valence-corrected chi connectivity index (χ1v) is 17.2. The average Bonchev–Trinajstić information content (AvgIpc) is 3.80. The molecule has 13 nitrogen and oxygen atoms in total. The molecule has 13 heteroatoms. The summed E-state index contributed by atoms with van der Waals surface area (Å²) in [5.41, 5.74) is 6.08. The Morgan fingerprint density at radius 1 is 0.962 bits per heavy atom. The first-order valence-electron chi connectivity index (χ1n) is 17.2. The number of hydrogen-bond acceptors (Lipinski definition) is 9. The molecule has 0 saturated carbocycles. The van der Waals surface area contributed by atoms with E-state index in [1.165, 1.54) is 6.33 Å². The van der Waals surface area contributed by atoms with Gasteiger partial charge in [0.2, 0.25) is 17.8 Å². The number of nitrogens with two attached hydrogens (primary N) is 1. The van der Waals surface area contributed by atoms with E-state index in [1.54, 1.807) is 39.6 Å². The molecule has 4 N–H and O–H groups in total. The van der Waals surface area contributed by atoms with Crippen molar-refractivity contribution in [3.8, 4) is 11.5 Å². The van der Waals surface area contributed by atoms with Gasteiger partial charge in [-0.25, -0.2) is 4.98 Å². The molecule has 1 fully saturated rings. The number of rotatable bonds is 14. The number of aromatic amines is 1. The average molecular weight is 709 g/mol. The van der Waals surface area contributed by atoms with E-state index in [2.05, 4.69) is 20.3 Å². The molecule has 0 bridgehead atoms. The summed E-state index contributed by atoms with van der Waals surface area (Å²) in [5.74, 6) is -0.00524. The van der Waals surface area contributed by atoms with Crippen molar-refractivity contribution in [1.82, 2.24) is 19.5 Å². The van der Waals surface area contributed by atoms with Crippen molar-refractivity contribution < 1.29 is 28.5 Å². The van der Waals surface area contributed by atoms with Crippen LogP contribution in [0.25, 0.3) is 11.2 Å². The predicted octanol–water partition coefficient (Wildman–Crippen LogP) is 5.30. The Labute approximate surface area is 301 Å². The van der Waals surface area contributed by atoms with Gasteiger partial charge in [0.05, 0.1) is 33.3 Å². The maximum Gasteiger partial charge on any atom is 0.280 e. The molecule has 52 heavy (non-hydrogen) atoms. The number of carbonyl (C=O) groups excluding carboxylic acids is 2. The second kappa shape index (κ2) is 15.0. The number of anilines is 1. The van der Waals surface area contributed by atoms with E-state index in [0.717, 1.165) is 28.2 Å². The van der Waals surface area contributed by atoms with Crippen LogP contribution in [-0.4, -0.2) is 58.3 Å². The van der Waals surface area contributed by atoms with Crippen molar-refractivity contribution in [1.29, 1.82) is 0 Å². The van der Waals surface area contributed by atoms with Gasteiger partial charge in [-0.1, -0.05) is 75.4 Å². The zero-order valence-corrected chi connectivity index (χ0v) is 29.9. The predicted molar refractivity (Wildman–Crippen MR) is 195 cm³/mol. The molecule has 1 saturated heterocycles. The molecular weight excluding hydrogens is 664 g/mol. The third-order valence-electron chi connectivity index (χ3n) is 9.64. The number of nitrogens with zero attached hydrogens (tertiary/aromatic N) is 3. The second-order valence-electron chi connectivity index (χ2n) is 13.7. The summed E-state index contributed by atoms with van der Waals surface area (Å²) in [6.45, 7) is 5.31. The summed E-state index contributed by atoms with van der Waals surface area (Å²) in [5, 5.41) is 2.70. The highest BCUT2D eigenvalue weighted by atomic mass is 16.6. The van der Waals surface area contributed by atoms with Crippen LogP contribution < -0.4 is 26.1 Å². The first kappa shape index (κ1) is 36.3. The fraction of sp³-hybridized carbons (Fsp3) is 0.359. The van der Waals surface area contributed by atoms with Gasteiger partial charge >= 0.3 is 0 Å². The Morgan fingerprint density at radius 2 is 1.56 bits per heavy atom. The number of nitrogens with one attached hydrogen (secondary N) is 2. The first-order chi connectivity index (χ1) is 24.9. The van der Waals surface area contributed by atoms with E-state index >= 15 is 0 Å². The topological polar surface area (TPSA) is 173 Å². The summed E-state index contributed by atoms with van der Waals surface area (Å²) in [4.78, 5) is 49.3. The van der Waals surface area contributed by atoms with Crippen molar-refractivity contribution in [2.45, 2.75) is 58.0 Å². The lowest BCUT2D eigenvalue weighted by Gasteiger charge is -2.37. The quantitative estimate of drug-likeness (QED) is 0.129. The maximum atomic E-state index is 13.2. The molecule has 0 spiro atoms. The Morgan fingerprint density at radius 3 is 2.13 bits per heavy atom. The number of fused-ring (bicyclic) bond motifs is 1. The molecule has 1 unspecified atom stereocenters. The summed E-state index contributed by atoms with van der Waals surface area (Å²) in [7, 11) is 3.27. The van der Waals surface area contributed by atoms with Crippen molar-refractivity contribution in [2.75, 3.05) is 26.1 Å².